The number of anilines is 1. The molecule has 1 aliphatic heterocycles. The van der Waals surface area contributed by atoms with Crippen molar-refractivity contribution in [3.8, 4) is 5.75 Å². The summed E-state index contributed by atoms with van der Waals surface area (Å²) in [6.07, 6.45) is 7.44. The highest BCUT2D eigenvalue weighted by Crippen LogP contribution is 2.32. The van der Waals surface area contributed by atoms with Gasteiger partial charge in [0.1, 0.15) is 17.2 Å². The van der Waals surface area contributed by atoms with Crippen LogP contribution in [-0.2, 0) is 24.1 Å². The van der Waals surface area contributed by atoms with E-state index in [0.29, 0.717) is 29.6 Å². The van der Waals surface area contributed by atoms with E-state index in [-0.39, 0.29) is 18.1 Å². The summed E-state index contributed by atoms with van der Waals surface area (Å²) in [4.78, 5) is 31.3. The Morgan fingerprint density at radius 1 is 1.21 bits per heavy atom. The van der Waals surface area contributed by atoms with Crippen molar-refractivity contribution >= 4 is 22.7 Å². The van der Waals surface area contributed by atoms with E-state index in [4.69, 9.17) is 14.9 Å². The van der Waals surface area contributed by atoms with Gasteiger partial charge in [0, 0.05) is 35.8 Å². The molecule has 1 saturated heterocycles. The average molecular weight is 448 g/mol. The lowest BCUT2D eigenvalue weighted by Crippen LogP contribution is -2.33. The van der Waals surface area contributed by atoms with Crippen molar-refractivity contribution in [3.63, 3.8) is 0 Å². The predicted molar refractivity (Wildman–Crippen MR) is 126 cm³/mol. The number of aromatic nitrogens is 1. The van der Waals surface area contributed by atoms with Gasteiger partial charge in [-0.25, -0.2) is 9.78 Å². The fraction of sp³-hybridized carbons (Fsp3) is 0.423. The van der Waals surface area contributed by atoms with Gasteiger partial charge in [0.2, 0.25) is 0 Å². The number of nitrogen functional groups attached to an aromatic ring is 1. The number of ether oxygens (including phenoxy) is 1. The summed E-state index contributed by atoms with van der Waals surface area (Å²) >= 11 is 0. The molecule has 5 rings (SSSR count). The molecule has 1 unspecified atom stereocenters. The van der Waals surface area contributed by atoms with Gasteiger partial charge < -0.3 is 19.8 Å². The minimum atomic E-state index is -0.243. The van der Waals surface area contributed by atoms with Crippen LogP contribution in [0.3, 0.4) is 0 Å². The van der Waals surface area contributed by atoms with Crippen molar-refractivity contribution in [1.29, 1.82) is 0 Å². The SMILES string of the molecule is Cc1c(OCC(=O)N2CCC(Cc3ccc(N)nc3)C2)ccc2c3c(c(=O)oc12)CCCC3. The highest BCUT2D eigenvalue weighted by Gasteiger charge is 2.27. The molecule has 1 amide bonds. The molecular weight excluding hydrogens is 418 g/mol. The molecule has 7 heteroatoms. The Balaban J connectivity index is 1.24. The minimum Gasteiger partial charge on any atom is -0.483 e. The third kappa shape index (κ3) is 4.32. The monoisotopic (exact) mass is 447 g/mol. The second-order valence-electron chi connectivity index (χ2n) is 9.20. The number of nitrogens with two attached hydrogens (primary N) is 1. The maximum atomic E-state index is 12.8. The summed E-state index contributed by atoms with van der Waals surface area (Å²) in [6, 6.07) is 7.65. The first-order chi connectivity index (χ1) is 16.0. The molecule has 33 heavy (non-hydrogen) atoms. The van der Waals surface area contributed by atoms with Crippen LogP contribution in [0.1, 0.15) is 41.5 Å². The highest BCUT2D eigenvalue weighted by atomic mass is 16.5. The van der Waals surface area contributed by atoms with Crippen molar-refractivity contribution in [3.05, 3.63) is 63.1 Å². The summed E-state index contributed by atoms with van der Waals surface area (Å²) < 4.78 is 11.6. The number of benzene rings is 1. The summed E-state index contributed by atoms with van der Waals surface area (Å²) in [5, 5.41) is 0.986. The van der Waals surface area contributed by atoms with Crippen LogP contribution in [0.15, 0.2) is 39.7 Å². The van der Waals surface area contributed by atoms with Gasteiger partial charge >= 0.3 is 5.63 Å². The lowest BCUT2D eigenvalue weighted by molar-refractivity contribution is -0.132. The molecule has 1 atom stereocenters. The van der Waals surface area contributed by atoms with Crippen LogP contribution in [0.4, 0.5) is 5.82 Å². The van der Waals surface area contributed by atoms with Crippen LogP contribution in [0.2, 0.25) is 0 Å². The molecular formula is C26H29N3O4. The molecule has 3 heterocycles. The maximum Gasteiger partial charge on any atom is 0.339 e. The van der Waals surface area contributed by atoms with Crippen LogP contribution in [0.5, 0.6) is 5.75 Å². The van der Waals surface area contributed by atoms with Gasteiger partial charge in [-0.15, -0.1) is 0 Å². The number of rotatable bonds is 5. The summed E-state index contributed by atoms with van der Waals surface area (Å²) in [6.45, 7) is 3.29. The normalized spacial score (nSPS) is 17.8. The van der Waals surface area contributed by atoms with E-state index in [1.54, 1.807) is 6.20 Å². The van der Waals surface area contributed by atoms with Gasteiger partial charge in [0.15, 0.2) is 6.61 Å². The molecule has 3 aromatic rings. The Morgan fingerprint density at radius 3 is 2.82 bits per heavy atom. The van der Waals surface area contributed by atoms with Crippen LogP contribution < -0.4 is 16.1 Å². The van der Waals surface area contributed by atoms with Gasteiger partial charge in [-0.1, -0.05) is 6.07 Å². The van der Waals surface area contributed by atoms with E-state index < -0.39 is 0 Å². The predicted octanol–water partition coefficient (Wildman–Crippen LogP) is 3.43. The van der Waals surface area contributed by atoms with Crippen LogP contribution in [-0.4, -0.2) is 35.5 Å². The smallest absolute Gasteiger partial charge is 0.339 e. The van der Waals surface area contributed by atoms with E-state index >= 15 is 0 Å². The zero-order chi connectivity index (χ0) is 22.9. The summed E-state index contributed by atoms with van der Waals surface area (Å²) in [7, 11) is 0. The number of carbonyl (C=O) groups excluding carboxylic acids is 1. The van der Waals surface area contributed by atoms with E-state index in [1.807, 2.05) is 36.1 Å². The summed E-state index contributed by atoms with van der Waals surface area (Å²) in [5.74, 6) is 1.47. The molecule has 0 bridgehead atoms. The standard InChI is InChI=1S/C26H29N3O4/c1-16-22(8-7-20-19-4-2-3-5-21(19)26(31)33-25(16)20)32-15-24(30)29-11-10-18(14-29)12-17-6-9-23(27)28-13-17/h6-9,13,18H,2-5,10-12,14-15H2,1H3,(H2,27,28). The first-order valence-corrected chi connectivity index (χ1v) is 11.7. The molecule has 0 spiro atoms. The Kier molecular flexibility index (Phi) is 5.79. The molecule has 7 nitrogen and oxygen atoms in total. The van der Waals surface area contributed by atoms with Crippen LogP contribution >= 0.6 is 0 Å². The fourth-order valence-electron chi connectivity index (χ4n) is 5.13. The zero-order valence-corrected chi connectivity index (χ0v) is 18.9. The van der Waals surface area contributed by atoms with E-state index in [0.717, 1.165) is 72.7 Å². The number of fused-ring (bicyclic) bond motifs is 3. The van der Waals surface area contributed by atoms with Crippen molar-refractivity contribution in [2.75, 3.05) is 25.4 Å². The molecule has 172 valence electrons. The first kappa shape index (κ1) is 21.5. The molecule has 2 aromatic heterocycles. The Morgan fingerprint density at radius 2 is 2.03 bits per heavy atom. The summed E-state index contributed by atoms with van der Waals surface area (Å²) in [5.41, 5.74) is 9.81. The van der Waals surface area contributed by atoms with Crippen molar-refractivity contribution < 1.29 is 13.9 Å². The first-order valence-electron chi connectivity index (χ1n) is 11.7. The fourth-order valence-corrected chi connectivity index (χ4v) is 5.13. The second kappa shape index (κ2) is 8.89. The second-order valence-corrected chi connectivity index (χ2v) is 9.20. The highest BCUT2D eigenvalue weighted by molar-refractivity contribution is 5.86. The number of aryl methyl sites for hydroxylation is 2. The zero-order valence-electron chi connectivity index (χ0n) is 18.9. The van der Waals surface area contributed by atoms with E-state index in [9.17, 15) is 9.59 Å². The van der Waals surface area contributed by atoms with Crippen molar-refractivity contribution in [2.24, 2.45) is 5.92 Å². The van der Waals surface area contributed by atoms with Crippen molar-refractivity contribution in [1.82, 2.24) is 9.88 Å². The molecule has 1 aromatic carbocycles. The maximum absolute atomic E-state index is 12.8. The molecule has 1 aliphatic carbocycles. The Bertz CT molecular complexity index is 1250. The van der Waals surface area contributed by atoms with E-state index in [1.165, 1.54) is 0 Å². The number of amides is 1. The van der Waals surface area contributed by atoms with Crippen LogP contribution in [0, 0.1) is 12.8 Å². The lowest BCUT2D eigenvalue weighted by Gasteiger charge is -2.19. The molecule has 0 saturated carbocycles. The van der Waals surface area contributed by atoms with E-state index in [2.05, 4.69) is 4.98 Å². The van der Waals surface area contributed by atoms with Crippen LogP contribution in [0.25, 0.3) is 11.0 Å². The minimum absolute atomic E-state index is 0.0284. The number of hydrogen-bond acceptors (Lipinski definition) is 6. The van der Waals surface area contributed by atoms with Gasteiger partial charge in [0.25, 0.3) is 5.91 Å². The number of nitrogens with zero attached hydrogens (tertiary/aromatic N) is 2. The molecule has 0 radical (unpaired) electrons. The molecule has 2 aliphatic rings. The number of pyridine rings is 1. The Labute approximate surface area is 192 Å². The molecule has 1 fully saturated rings. The lowest BCUT2D eigenvalue weighted by atomic mass is 9.90. The van der Waals surface area contributed by atoms with Gasteiger partial charge in [-0.3, -0.25) is 4.79 Å². The quantitative estimate of drug-likeness (QED) is 0.602. The average Bonchev–Trinajstić information content (AvgIpc) is 3.29. The molecule has 2 N–H and O–H groups in total. The topological polar surface area (TPSA) is 98.7 Å². The third-order valence-corrected chi connectivity index (χ3v) is 6.95. The largest absolute Gasteiger partial charge is 0.483 e. The van der Waals surface area contributed by atoms with Gasteiger partial charge in [-0.2, -0.15) is 0 Å². The number of hydrogen-bond donors (Lipinski definition) is 1. The Hall–Kier alpha value is -3.35. The van der Waals surface area contributed by atoms with Gasteiger partial charge in [-0.05, 0) is 80.7 Å². The van der Waals surface area contributed by atoms with Crippen molar-refractivity contribution in [2.45, 2.75) is 45.4 Å². The van der Waals surface area contributed by atoms with Gasteiger partial charge in [0.05, 0.1) is 0 Å². The number of carbonyl (C=O) groups is 1. The third-order valence-electron chi connectivity index (χ3n) is 6.95. The number of likely N-dealkylation sites (tertiary alicyclic amines) is 1.